The van der Waals surface area contributed by atoms with Crippen LogP contribution in [0.3, 0.4) is 0 Å². The normalized spacial score (nSPS) is 16.2. The van der Waals surface area contributed by atoms with Gasteiger partial charge in [0.05, 0.1) is 34.1 Å². The van der Waals surface area contributed by atoms with Crippen molar-refractivity contribution in [1.29, 1.82) is 0 Å². The summed E-state index contributed by atoms with van der Waals surface area (Å²) in [4.78, 5) is 34.2. The van der Waals surface area contributed by atoms with Gasteiger partial charge in [0, 0.05) is 42.9 Å². The van der Waals surface area contributed by atoms with Crippen LogP contribution in [0.25, 0.3) is 16.6 Å². The van der Waals surface area contributed by atoms with Crippen molar-refractivity contribution in [3.63, 3.8) is 0 Å². The van der Waals surface area contributed by atoms with Gasteiger partial charge in [0.2, 0.25) is 11.8 Å². The largest absolute Gasteiger partial charge is 0.368 e. The molecule has 30 heavy (non-hydrogen) atoms. The number of imidazole rings is 1. The highest BCUT2D eigenvalue weighted by atomic mass is 35.5. The van der Waals surface area contributed by atoms with Crippen molar-refractivity contribution in [3.8, 4) is 5.69 Å². The lowest BCUT2D eigenvalue weighted by Gasteiger charge is -2.26. The number of primary amides is 1. The number of nitrogens with two attached hydrogens (primary N) is 1. The molecule has 0 spiro atoms. The number of rotatable bonds is 6. The molecule has 1 atom stereocenters. The third-order valence-corrected chi connectivity index (χ3v) is 5.97. The van der Waals surface area contributed by atoms with E-state index in [4.69, 9.17) is 33.9 Å². The summed E-state index contributed by atoms with van der Waals surface area (Å²) in [5.41, 5.74) is 6.57. The van der Waals surface area contributed by atoms with Gasteiger partial charge in [0.15, 0.2) is 0 Å². The van der Waals surface area contributed by atoms with E-state index < -0.39 is 5.91 Å². The van der Waals surface area contributed by atoms with Crippen molar-refractivity contribution in [2.24, 2.45) is 5.73 Å². The first-order chi connectivity index (χ1) is 14.4. The lowest BCUT2D eigenvalue weighted by atomic mass is 10.1. The molecule has 0 radical (unpaired) electrons. The number of amides is 2. The molecule has 2 aromatic heterocycles. The summed E-state index contributed by atoms with van der Waals surface area (Å²) >= 11 is 12.7. The average molecular weight is 447 g/mol. The number of aromatic nitrogens is 3. The first kappa shape index (κ1) is 20.4. The maximum Gasteiger partial charge on any atom is 0.236 e. The van der Waals surface area contributed by atoms with E-state index in [-0.39, 0.29) is 24.9 Å². The van der Waals surface area contributed by atoms with E-state index in [2.05, 4.69) is 15.2 Å². The zero-order valence-electron chi connectivity index (χ0n) is 16.0. The number of nitrogens with one attached hydrogen (secondary N) is 1. The number of nitrogens with zero attached hydrogens (tertiary/aromatic N) is 4. The third kappa shape index (κ3) is 4.06. The van der Waals surface area contributed by atoms with E-state index in [9.17, 15) is 9.59 Å². The molecule has 0 bridgehead atoms. The van der Waals surface area contributed by atoms with Gasteiger partial charge in [-0.2, -0.15) is 0 Å². The third-order valence-electron chi connectivity index (χ3n) is 5.17. The van der Waals surface area contributed by atoms with Crippen molar-refractivity contribution >= 4 is 51.7 Å². The molecule has 1 aliphatic rings. The number of hydrogen-bond donors (Lipinski definition) is 2. The zero-order valence-corrected chi connectivity index (χ0v) is 17.5. The number of benzene rings is 1. The summed E-state index contributed by atoms with van der Waals surface area (Å²) in [5.74, 6) is -0.0812. The Bertz CT molecular complexity index is 1100. The van der Waals surface area contributed by atoms with Crippen molar-refractivity contribution in [1.82, 2.24) is 19.9 Å². The van der Waals surface area contributed by atoms with Crippen LogP contribution in [0.15, 0.2) is 36.9 Å². The van der Waals surface area contributed by atoms with Crippen LogP contribution < -0.4 is 16.0 Å². The fourth-order valence-corrected chi connectivity index (χ4v) is 4.15. The van der Waals surface area contributed by atoms with E-state index in [1.807, 2.05) is 22.9 Å². The highest BCUT2D eigenvalue weighted by Gasteiger charge is 2.29. The summed E-state index contributed by atoms with van der Waals surface area (Å²) in [6, 6.07) is 5.55. The predicted octanol–water partition coefficient (Wildman–Crippen LogP) is 2.69. The molecule has 1 aliphatic heterocycles. The molecule has 10 heteroatoms. The van der Waals surface area contributed by atoms with E-state index >= 15 is 0 Å². The first-order valence-corrected chi connectivity index (χ1v) is 10.3. The molecule has 0 saturated carbocycles. The van der Waals surface area contributed by atoms with Crippen LogP contribution in [0, 0.1) is 0 Å². The van der Waals surface area contributed by atoms with Crippen molar-refractivity contribution < 1.29 is 9.59 Å². The van der Waals surface area contributed by atoms with Gasteiger partial charge in [-0.1, -0.05) is 23.2 Å². The van der Waals surface area contributed by atoms with Gasteiger partial charge in [-0.05, 0) is 25.0 Å². The summed E-state index contributed by atoms with van der Waals surface area (Å²) in [7, 11) is 0. The molecular weight excluding hydrogens is 427 g/mol. The van der Waals surface area contributed by atoms with Crippen LogP contribution in [-0.4, -0.2) is 45.5 Å². The van der Waals surface area contributed by atoms with Crippen molar-refractivity contribution in [2.45, 2.75) is 25.3 Å². The van der Waals surface area contributed by atoms with Crippen LogP contribution in [0.4, 0.5) is 5.82 Å². The quantitative estimate of drug-likeness (QED) is 0.605. The van der Waals surface area contributed by atoms with E-state index in [0.717, 1.165) is 30.5 Å². The number of carbonyl (C=O) groups excluding carboxylic acids is 2. The number of carbonyl (C=O) groups is 2. The van der Waals surface area contributed by atoms with Crippen LogP contribution in [0.2, 0.25) is 10.0 Å². The Morgan fingerprint density at radius 2 is 2.13 bits per heavy atom. The van der Waals surface area contributed by atoms with Crippen molar-refractivity contribution in [2.75, 3.05) is 18.0 Å². The molecular formula is C20H20Cl2N6O2. The van der Waals surface area contributed by atoms with Crippen LogP contribution in [0.5, 0.6) is 0 Å². The highest BCUT2D eigenvalue weighted by Crippen LogP contribution is 2.36. The predicted molar refractivity (Wildman–Crippen MR) is 116 cm³/mol. The molecule has 3 N–H and O–H groups in total. The number of hydrogen-bond acceptors (Lipinski definition) is 5. The number of pyridine rings is 1. The summed E-state index contributed by atoms with van der Waals surface area (Å²) in [6.07, 6.45) is 7.27. The maximum absolute atomic E-state index is 12.2. The summed E-state index contributed by atoms with van der Waals surface area (Å²) in [5, 5.41) is 4.20. The molecule has 1 aromatic carbocycles. The Morgan fingerprint density at radius 1 is 1.30 bits per heavy atom. The number of halogens is 2. The lowest BCUT2D eigenvalue weighted by molar-refractivity contribution is -0.125. The molecule has 156 valence electrons. The molecule has 1 fully saturated rings. The Balaban J connectivity index is 1.72. The second-order valence-corrected chi connectivity index (χ2v) is 7.95. The van der Waals surface area contributed by atoms with E-state index in [1.54, 1.807) is 18.6 Å². The monoisotopic (exact) mass is 446 g/mol. The van der Waals surface area contributed by atoms with E-state index in [1.165, 1.54) is 0 Å². The Hall–Kier alpha value is -2.84. The lowest BCUT2D eigenvalue weighted by Crippen LogP contribution is -2.38. The SMILES string of the molecule is NC(=O)CNC(=O)C[C@@H]1CCCN1c1cc(-n2ccnc2)c2ccc(Cl)c(Cl)c2n1. The van der Waals surface area contributed by atoms with Gasteiger partial charge in [-0.25, -0.2) is 9.97 Å². The highest BCUT2D eigenvalue weighted by molar-refractivity contribution is 6.45. The van der Waals surface area contributed by atoms with Gasteiger partial charge >= 0.3 is 0 Å². The topological polar surface area (TPSA) is 106 Å². The minimum atomic E-state index is -0.570. The molecule has 1 saturated heterocycles. The second kappa shape index (κ2) is 8.49. The van der Waals surface area contributed by atoms with Crippen molar-refractivity contribution in [3.05, 3.63) is 47.0 Å². The van der Waals surface area contributed by atoms with E-state index in [0.29, 0.717) is 21.4 Å². The van der Waals surface area contributed by atoms with Crippen LogP contribution in [-0.2, 0) is 9.59 Å². The zero-order chi connectivity index (χ0) is 21.3. The fourth-order valence-electron chi connectivity index (χ4n) is 3.79. The number of anilines is 1. The number of fused-ring (bicyclic) bond motifs is 1. The van der Waals surface area contributed by atoms with Gasteiger partial charge in [0.1, 0.15) is 5.82 Å². The minimum Gasteiger partial charge on any atom is -0.368 e. The molecule has 2 amide bonds. The Morgan fingerprint density at radius 3 is 2.87 bits per heavy atom. The van der Waals surface area contributed by atoms with Crippen LogP contribution in [0.1, 0.15) is 19.3 Å². The molecule has 0 unspecified atom stereocenters. The maximum atomic E-state index is 12.2. The second-order valence-electron chi connectivity index (χ2n) is 7.16. The standard InChI is InChI=1S/C20H20Cl2N6O2/c21-14-4-3-13-15(27-7-5-24-11-27)9-17(26-20(13)19(14)22)28-6-1-2-12(28)8-18(30)25-10-16(23)29/h3-5,7,9,11-12H,1-2,6,8,10H2,(H2,23,29)(H,25,30)/t12-/m0/s1. The molecule has 3 heterocycles. The molecule has 8 nitrogen and oxygen atoms in total. The summed E-state index contributed by atoms with van der Waals surface area (Å²) < 4.78 is 1.89. The van der Waals surface area contributed by atoms with Gasteiger partial charge in [-0.15, -0.1) is 0 Å². The smallest absolute Gasteiger partial charge is 0.236 e. The Kier molecular flexibility index (Phi) is 5.78. The first-order valence-electron chi connectivity index (χ1n) is 9.53. The van der Waals surface area contributed by atoms with Gasteiger partial charge < -0.3 is 20.5 Å². The van der Waals surface area contributed by atoms with Gasteiger partial charge in [0.25, 0.3) is 0 Å². The van der Waals surface area contributed by atoms with Crippen LogP contribution >= 0.6 is 23.2 Å². The molecule has 0 aliphatic carbocycles. The summed E-state index contributed by atoms with van der Waals surface area (Å²) in [6.45, 7) is 0.590. The van der Waals surface area contributed by atoms with Gasteiger partial charge in [-0.3, -0.25) is 9.59 Å². The molecule has 3 aromatic rings. The average Bonchev–Trinajstić information content (AvgIpc) is 3.41. The molecule has 4 rings (SSSR count). The fraction of sp³-hybridized carbons (Fsp3) is 0.300. The minimum absolute atomic E-state index is 0.0450. The Labute approximate surface area is 183 Å².